The lowest BCUT2D eigenvalue weighted by atomic mass is 10.1. The number of aryl methyl sites for hydroxylation is 1. The SMILES string of the molecule is Cl.Clc1ccc(CCC(Cn2ccnc2)Sc2c(Cl)cccc2Cl)cc1. The Labute approximate surface area is 179 Å². The summed E-state index contributed by atoms with van der Waals surface area (Å²) < 4.78 is 2.09. The van der Waals surface area contributed by atoms with Crippen molar-refractivity contribution in [3.63, 3.8) is 0 Å². The zero-order chi connectivity index (χ0) is 17.6. The maximum atomic E-state index is 6.35. The summed E-state index contributed by atoms with van der Waals surface area (Å²) in [7, 11) is 0. The Morgan fingerprint density at radius 1 is 1.00 bits per heavy atom. The molecule has 1 heterocycles. The molecule has 0 aliphatic rings. The topological polar surface area (TPSA) is 17.8 Å². The van der Waals surface area contributed by atoms with E-state index in [1.165, 1.54) is 5.56 Å². The van der Waals surface area contributed by atoms with Crippen LogP contribution in [0, 0.1) is 0 Å². The molecular weight excluding hydrogens is 430 g/mol. The lowest BCUT2D eigenvalue weighted by Gasteiger charge is -2.19. The number of nitrogens with zero attached hydrogens (tertiary/aromatic N) is 2. The first-order valence-electron chi connectivity index (χ1n) is 7.92. The maximum Gasteiger partial charge on any atom is 0.0946 e. The Balaban J connectivity index is 0.00000243. The van der Waals surface area contributed by atoms with Crippen LogP contribution in [0.1, 0.15) is 12.0 Å². The van der Waals surface area contributed by atoms with Gasteiger partial charge in [0.1, 0.15) is 0 Å². The van der Waals surface area contributed by atoms with Crippen molar-refractivity contribution in [2.24, 2.45) is 0 Å². The van der Waals surface area contributed by atoms with Crippen molar-refractivity contribution >= 4 is 59.0 Å². The minimum atomic E-state index is 0. The van der Waals surface area contributed by atoms with Gasteiger partial charge in [0.15, 0.2) is 0 Å². The highest BCUT2D eigenvalue weighted by molar-refractivity contribution is 8.00. The molecule has 0 fully saturated rings. The predicted molar refractivity (Wildman–Crippen MR) is 115 cm³/mol. The Hall–Kier alpha value is -0.840. The molecule has 26 heavy (non-hydrogen) atoms. The van der Waals surface area contributed by atoms with Gasteiger partial charge in [0.25, 0.3) is 0 Å². The zero-order valence-electron chi connectivity index (χ0n) is 13.8. The first-order valence-corrected chi connectivity index (χ1v) is 9.94. The van der Waals surface area contributed by atoms with Crippen LogP contribution in [0.25, 0.3) is 0 Å². The van der Waals surface area contributed by atoms with Crippen molar-refractivity contribution in [2.75, 3.05) is 0 Å². The molecule has 0 radical (unpaired) electrons. The van der Waals surface area contributed by atoms with Gasteiger partial charge < -0.3 is 4.57 Å². The van der Waals surface area contributed by atoms with Crippen LogP contribution >= 0.6 is 59.0 Å². The van der Waals surface area contributed by atoms with Crippen molar-refractivity contribution in [1.82, 2.24) is 9.55 Å². The number of aromatic nitrogens is 2. The smallest absolute Gasteiger partial charge is 0.0946 e. The summed E-state index contributed by atoms with van der Waals surface area (Å²) in [5.74, 6) is 0. The van der Waals surface area contributed by atoms with E-state index in [0.29, 0.717) is 15.3 Å². The van der Waals surface area contributed by atoms with Gasteiger partial charge in [-0.2, -0.15) is 0 Å². The highest BCUT2D eigenvalue weighted by Gasteiger charge is 2.16. The Bertz CT molecular complexity index is 787. The standard InChI is InChI=1S/C19H17Cl3N2S.ClH/c20-15-7-4-14(5-8-15)6-9-16(12-24-11-10-23-13-24)25-19-17(21)2-1-3-18(19)22;/h1-5,7-8,10-11,13,16H,6,9,12H2;1H. The highest BCUT2D eigenvalue weighted by Crippen LogP contribution is 2.38. The van der Waals surface area contributed by atoms with Gasteiger partial charge in [0, 0.05) is 34.1 Å². The van der Waals surface area contributed by atoms with Gasteiger partial charge in [0.05, 0.1) is 16.4 Å². The molecule has 0 spiro atoms. The van der Waals surface area contributed by atoms with Crippen LogP contribution in [0.4, 0.5) is 0 Å². The van der Waals surface area contributed by atoms with Crippen LogP contribution in [0.2, 0.25) is 15.1 Å². The number of benzene rings is 2. The minimum absolute atomic E-state index is 0. The van der Waals surface area contributed by atoms with Crippen LogP contribution in [-0.2, 0) is 13.0 Å². The average molecular weight is 448 g/mol. The molecule has 1 unspecified atom stereocenters. The van der Waals surface area contributed by atoms with Gasteiger partial charge in [-0.1, -0.05) is 53.0 Å². The quantitative estimate of drug-likeness (QED) is 0.360. The summed E-state index contributed by atoms with van der Waals surface area (Å²) in [5, 5.41) is 2.47. The fourth-order valence-corrected chi connectivity index (χ4v) is 4.53. The number of hydrogen-bond donors (Lipinski definition) is 0. The Morgan fingerprint density at radius 2 is 1.69 bits per heavy atom. The second kappa shape index (κ2) is 10.5. The molecule has 3 rings (SSSR count). The number of imidazole rings is 1. The van der Waals surface area contributed by atoms with Gasteiger partial charge in [-0.05, 0) is 42.7 Å². The zero-order valence-corrected chi connectivity index (χ0v) is 17.7. The van der Waals surface area contributed by atoms with Crippen LogP contribution in [-0.4, -0.2) is 14.8 Å². The number of thioether (sulfide) groups is 1. The van der Waals surface area contributed by atoms with Gasteiger partial charge in [-0.3, -0.25) is 0 Å². The lowest BCUT2D eigenvalue weighted by Crippen LogP contribution is -2.13. The van der Waals surface area contributed by atoms with E-state index in [-0.39, 0.29) is 12.4 Å². The Morgan fingerprint density at radius 3 is 2.31 bits per heavy atom. The van der Waals surface area contributed by atoms with Crippen LogP contribution in [0.5, 0.6) is 0 Å². The largest absolute Gasteiger partial charge is 0.336 e. The molecule has 0 aliphatic heterocycles. The highest BCUT2D eigenvalue weighted by atomic mass is 35.5. The number of hydrogen-bond acceptors (Lipinski definition) is 2. The fraction of sp³-hybridized carbons (Fsp3) is 0.211. The molecule has 1 atom stereocenters. The number of rotatable bonds is 7. The van der Waals surface area contributed by atoms with E-state index in [1.807, 2.05) is 42.9 Å². The van der Waals surface area contributed by atoms with E-state index in [2.05, 4.69) is 21.7 Å². The summed E-state index contributed by atoms with van der Waals surface area (Å²) in [6, 6.07) is 13.6. The summed E-state index contributed by atoms with van der Waals surface area (Å²) in [6.07, 6.45) is 7.56. The van der Waals surface area contributed by atoms with Crippen molar-refractivity contribution in [2.45, 2.75) is 29.5 Å². The molecule has 2 aromatic carbocycles. The van der Waals surface area contributed by atoms with Gasteiger partial charge in [-0.25, -0.2) is 4.98 Å². The molecule has 0 amide bonds. The first kappa shape index (κ1) is 21.5. The molecule has 2 nitrogen and oxygen atoms in total. The number of halogens is 4. The molecule has 0 aliphatic carbocycles. The molecule has 3 aromatic rings. The van der Waals surface area contributed by atoms with Crippen molar-refractivity contribution in [3.8, 4) is 0 Å². The molecule has 0 saturated heterocycles. The normalized spacial score (nSPS) is 11.8. The first-order chi connectivity index (χ1) is 12.1. The molecule has 1 aromatic heterocycles. The van der Waals surface area contributed by atoms with E-state index < -0.39 is 0 Å². The van der Waals surface area contributed by atoms with E-state index >= 15 is 0 Å². The van der Waals surface area contributed by atoms with Crippen LogP contribution < -0.4 is 0 Å². The lowest BCUT2D eigenvalue weighted by molar-refractivity contribution is 0.624. The third-order valence-electron chi connectivity index (χ3n) is 3.85. The summed E-state index contributed by atoms with van der Waals surface area (Å²) in [4.78, 5) is 5.07. The van der Waals surface area contributed by atoms with Gasteiger partial charge in [-0.15, -0.1) is 24.2 Å². The Kier molecular flexibility index (Phi) is 8.65. The fourth-order valence-electron chi connectivity index (χ4n) is 2.56. The third-order valence-corrected chi connectivity index (χ3v) is 6.35. The predicted octanol–water partition coefficient (Wildman–Crippen LogP) is 7.06. The van der Waals surface area contributed by atoms with Gasteiger partial charge >= 0.3 is 0 Å². The van der Waals surface area contributed by atoms with E-state index in [0.717, 1.165) is 29.3 Å². The van der Waals surface area contributed by atoms with E-state index in [4.69, 9.17) is 34.8 Å². The van der Waals surface area contributed by atoms with Crippen molar-refractivity contribution in [1.29, 1.82) is 0 Å². The second-order valence-electron chi connectivity index (χ2n) is 5.72. The molecule has 138 valence electrons. The third kappa shape index (κ3) is 6.11. The molecule has 7 heteroatoms. The van der Waals surface area contributed by atoms with E-state index in [1.54, 1.807) is 18.0 Å². The molecule has 0 saturated carbocycles. The van der Waals surface area contributed by atoms with Crippen molar-refractivity contribution < 1.29 is 0 Å². The van der Waals surface area contributed by atoms with Crippen LogP contribution in [0.3, 0.4) is 0 Å². The minimum Gasteiger partial charge on any atom is -0.336 e. The molecular formula is C19H18Cl4N2S. The molecule has 0 bridgehead atoms. The summed E-state index contributed by atoms with van der Waals surface area (Å²) in [5.41, 5.74) is 1.27. The maximum absolute atomic E-state index is 6.35. The summed E-state index contributed by atoms with van der Waals surface area (Å²) >= 11 is 20.4. The second-order valence-corrected chi connectivity index (χ2v) is 8.28. The summed E-state index contributed by atoms with van der Waals surface area (Å²) in [6.45, 7) is 0.847. The average Bonchev–Trinajstić information content (AvgIpc) is 3.10. The van der Waals surface area contributed by atoms with E-state index in [9.17, 15) is 0 Å². The van der Waals surface area contributed by atoms with Crippen LogP contribution in [0.15, 0.2) is 66.1 Å². The van der Waals surface area contributed by atoms with Gasteiger partial charge in [0.2, 0.25) is 0 Å². The van der Waals surface area contributed by atoms with Crippen molar-refractivity contribution in [3.05, 3.63) is 81.8 Å². The molecule has 0 N–H and O–H groups in total. The monoisotopic (exact) mass is 446 g/mol.